The monoisotopic (exact) mass is 297 g/mol. The average molecular weight is 297 g/mol. The Labute approximate surface area is 117 Å². The van der Waals surface area contributed by atoms with Crippen LogP contribution in [0.5, 0.6) is 0 Å². The van der Waals surface area contributed by atoms with E-state index >= 15 is 0 Å². The van der Waals surface area contributed by atoms with Gasteiger partial charge in [-0.15, -0.1) is 0 Å². The van der Waals surface area contributed by atoms with E-state index in [-0.39, 0.29) is 17.3 Å². The molecule has 0 radical (unpaired) electrons. The van der Waals surface area contributed by atoms with Crippen molar-refractivity contribution in [2.24, 2.45) is 0 Å². The first-order chi connectivity index (χ1) is 9.25. The lowest BCUT2D eigenvalue weighted by atomic mass is 10.1. The van der Waals surface area contributed by atoms with Gasteiger partial charge < -0.3 is 9.64 Å². The number of esters is 1. The number of carbonyl (C=O) groups is 2. The van der Waals surface area contributed by atoms with Gasteiger partial charge in [-0.05, 0) is 23.3 Å². The van der Waals surface area contributed by atoms with E-state index < -0.39 is 21.8 Å². The van der Waals surface area contributed by atoms with Crippen molar-refractivity contribution in [2.75, 3.05) is 13.4 Å². The van der Waals surface area contributed by atoms with Crippen LogP contribution in [0.1, 0.15) is 24.1 Å². The predicted molar refractivity (Wildman–Crippen MR) is 70.5 cm³/mol. The summed E-state index contributed by atoms with van der Waals surface area (Å²) in [5, 5.41) is 0. The highest BCUT2D eigenvalue weighted by atomic mass is 32.2. The zero-order chi connectivity index (χ0) is 15.1. The third-order valence-corrected chi connectivity index (χ3v) is 4.43. The molecule has 1 amide bonds. The van der Waals surface area contributed by atoms with Crippen molar-refractivity contribution in [2.45, 2.75) is 24.4 Å². The van der Waals surface area contributed by atoms with Crippen LogP contribution in [0.15, 0.2) is 23.1 Å². The van der Waals surface area contributed by atoms with E-state index in [4.69, 9.17) is 4.74 Å². The summed E-state index contributed by atoms with van der Waals surface area (Å²) in [6, 6.07) is 3.70. The van der Waals surface area contributed by atoms with Gasteiger partial charge in [0.2, 0.25) is 5.91 Å². The summed E-state index contributed by atoms with van der Waals surface area (Å²) in [7, 11) is -2.07. The van der Waals surface area contributed by atoms with Gasteiger partial charge in [0.15, 0.2) is 15.9 Å². The second kappa shape index (κ2) is 4.90. The van der Waals surface area contributed by atoms with Gasteiger partial charge in [-0.1, -0.05) is 6.07 Å². The third-order valence-electron chi connectivity index (χ3n) is 3.32. The molecule has 1 aromatic rings. The smallest absolute Gasteiger partial charge is 0.333 e. The molecular formula is C13H15NO5S. The summed E-state index contributed by atoms with van der Waals surface area (Å²) in [5.74, 6) is -0.802. The molecule has 0 saturated carbocycles. The van der Waals surface area contributed by atoms with E-state index in [1.807, 2.05) is 0 Å². The van der Waals surface area contributed by atoms with Crippen LogP contribution in [-0.2, 0) is 30.7 Å². The molecule has 7 heteroatoms. The fourth-order valence-corrected chi connectivity index (χ4v) is 2.99. The van der Waals surface area contributed by atoms with Crippen LogP contribution in [0, 0.1) is 0 Å². The molecule has 108 valence electrons. The molecule has 1 aliphatic rings. The van der Waals surface area contributed by atoms with Gasteiger partial charge in [-0.2, -0.15) is 0 Å². The van der Waals surface area contributed by atoms with Gasteiger partial charge >= 0.3 is 5.97 Å². The number of nitrogens with zero attached hydrogens (tertiary/aromatic N) is 1. The van der Waals surface area contributed by atoms with Crippen molar-refractivity contribution in [1.29, 1.82) is 0 Å². The van der Waals surface area contributed by atoms with Crippen molar-refractivity contribution in [1.82, 2.24) is 4.90 Å². The van der Waals surface area contributed by atoms with Crippen LogP contribution in [0.2, 0.25) is 0 Å². The predicted octanol–water partition coefficient (Wildman–Crippen LogP) is 0.666. The van der Waals surface area contributed by atoms with Crippen molar-refractivity contribution in [3.63, 3.8) is 0 Å². The summed E-state index contributed by atoms with van der Waals surface area (Å²) in [6.07, 6.45) is 1.12. The number of carbonyl (C=O) groups excluding carboxylic acids is 2. The number of amides is 1. The Kier molecular flexibility index (Phi) is 3.56. The lowest BCUT2D eigenvalue weighted by Crippen LogP contribution is -2.32. The molecule has 1 aromatic carbocycles. The van der Waals surface area contributed by atoms with Gasteiger partial charge in [0.05, 0.1) is 12.0 Å². The fourth-order valence-electron chi connectivity index (χ4n) is 2.32. The van der Waals surface area contributed by atoms with Gasteiger partial charge in [-0.3, -0.25) is 4.79 Å². The summed E-state index contributed by atoms with van der Waals surface area (Å²) in [6.45, 7) is 1.56. The van der Waals surface area contributed by atoms with Crippen molar-refractivity contribution in [3.05, 3.63) is 29.3 Å². The lowest BCUT2D eigenvalue weighted by molar-refractivity contribution is -0.152. The normalized spacial score (nSPS) is 17.8. The summed E-state index contributed by atoms with van der Waals surface area (Å²) in [4.78, 5) is 25.0. The SMILES string of the molecule is COC(=O)C1c2ccc(S(C)(=O)=O)cc2CN1C(C)=O. The quantitative estimate of drug-likeness (QED) is 0.749. The molecule has 0 aliphatic carbocycles. The highest BCUT2D eigenvalue weighted by Gasteiger charge is 2.38. The van der Waals surface area contributed by atoms with Gasteiger partial charge in [0.25, 0.3) is 0 Å². The number of ether oxygens (including phenoxy) is 1. The molecule has 1 atom stereocenters. The van der Waals surface area contributed by atoms with Crippen molar-refractivity contribution < 1.29 is 22.7 Å². The van der Waals surface area contributed by atoms with E-state index in [9.17, 15) is 18.0 Å². The Morgan fingerprint density at radius 2 is 2.00 bits per heavy atom. The molecule has 2 rings (SSSR count). The number of rotatable bonds is 2. The van der Waals surface area contributed by atoms with Gasteiger partial charge in [0.1, 0.15) is 0 Å². The topological polar surface area (TPSA) is 80.8 Å². The molecular weight excluding hydrogens is 282 g/mol. The third kappa shape index (κ3) is 2.40. The zero-order valence-electron chi connectivity index (χ0n) is 11.4. The van der Waals surface area contributed by atoms with Crippen LogP contribution >= 0.6 is 0 Å². The molecule has 0 spiro atoms. The number of methoxy groups -OCH3 is 1. The van der Waals surface area contributed by atoms with Crippen LogP contribution in [-0.4, -0.2) is 38.6 Å². The second-order valence-corrected chi connectivity index (χ2v) is 6.72. The molecule has 0 N–H and O–H groups in total. The Bertz CT molecular complexity index is 680. The maximum Gasteiger partial charge on any atom is 0.333 e. The van der Waals surface area contributed by atoms with Crippen molar-refractivity contribution >= 4 is 21.7 Å². The first kappa shape index (κ1) is 14.5. The van der Waals surface area contributed by atoms with E-state index in [1.54, 1.807) is 6.07 Å². The fraction of sp³-hybridized carbons (Fsp3) is 0.385. The van der Waals surface area contributed by atoms with Gasteiger partial charge in [0, 0.05) is 19.7 Å². The van der Waals surface area contributed by atoms with E-state index in [1.165, 1.54) is 31.1 Å². The Hall–Kier alpha value is -1.89. The molecule has 0 aromatic heterocycles. The van der Waals surface area contributed by atoms with Crippen LogP contribution in [0.3, 0.4) is 0 Å². The standard InChI is InChI=1S/C13H15NO5S/c1-8(15)14-7-9-6-10(20(3,17)18)4-5-11(9)12(14)13(16)19-2/h4-6,12H,7H2,1-3H3. The minimum Gasteiger partial charge on any atom is -0.467 e. The average Bonchev–Trinajstić information content (AvgIpc) is 2.75. The molecule has 0 bridgehead atoms. The minimum absolute atomic E-state index is 0.172. The summed E-state index contributed by atoms with van der Waals surface area (Å²) in [5.41, 5.74) is 1.26. The zero-order valence-corrected chi connectivity index (χ0v) is 12.2. The molecule has 0 fully saturated rings. The highest BCUT2D eigenvalue weighted by molar-refractivity contribution is 7.90. The van der Waals surface area contributed by atoms with E-state index in [0.717, 1.165) is 6.26 Å². The first-order valence-electron chi connectivity index (χ1n) is 5.93. The molecule has 0 saturated heterocycles. The van der Waals surface area contributed by atoms with E-state index in [2.05, 4.69) is 0 Å². The summed E-state index contributed by atoms with van der Waals surface area (Å²) < 4.78 is 27.8. The highest BCUT2D eigenvalue weighted by Crippen LogP contribution is 2.35. The minimum atomic E-state index is -3.33. The van der Waals surface area contributed by atoms with Crippen LogP contribution in [0.25, 0.3) is 0 Å². The molecule has 20 heavy (non-hydrogen) atoms. The van der Waals surface area contributed by atoms with E-state index in [0.29, 0.717) is 11.1 Å². The number of sulfone groups is 1. The van der Waals surface area contributed by atoms with Crippen LogP contribution < -0.4 is 0 Å². The number of hydrogen-bond acceptors (Lipinski definition) is 5. The maximum absolute atomic E-state index is 11.8. The number of benzene rings is 1. The molecule has 1 unspecified atom stereocenters. The van der Waals surface area contributed by atoms with Gasteiger partial charge in [-0.25, -0.2) is 13.2 Å². The largest absolute Gasteiger partial charge is 0.467 e. The Balaban J connectivity index is 2.53. The Morgan fingerprint density at radius 1 is 1.35 bits per heavy atom. The molecule has 1 heterocycles. The van der Waals surface area contributed by atoms with Crippen molar-refractivity contribution in [3.8, 4) is 0 Å². The lowest BCUT2D eigenvalue weighted by Gasteiger charge is -2.21. The first-order valence-corrected chi connectivity index (χ1v) is 7.82. The molecule has 1 aliphatic heterocycles. The van der Waals surface area contributed by atoms with Crippen LogP contribution in [0.4, 0.5) is 0 Å². The second-order valence-electron chi connectivity index (χ2n) is 4.71. The maximum atomic E-state index is 11.8. The number of hydrogen-bond donors (Lipinski definition) is 0. The molecule has 6 nitrogen and oxygen atoms in total. The Morgan fingerprint density at radius 3 is 2.50 bits per heavy atom. The number of fused-ring (bicyclic) bond motifs is 1. The summed E-state index contributed by atoms with van der Waals surface area (Å²) >= 11 is 0.